The molecule has 0 unspecified atom stereocenters. The van der Waals surface area contributed by atoms with Gasteiger partial charge in [0.15, 0.2) is 0 Å². The zero-order valence-electron chi connectivity index (χ0n) is 4.56. The highest BCUT2D eigenvalue weighted by Gasteiger charge is 1.93. The molecule has 3 heteroatoms. The van der Waals surface area contributed by atoms with Gasteiger partial charge in [0.25, 0.3) is 0 Å². The fourth-order valence-corrected chi connectivity index (χ4v) is 1.54. The van der Waals surface area contributed by atoms with E-state index in [1.807, 2.05) is 6.07 Å². The molecule has 0 bridgehead atoms. The van der Waals surface area contributed by atoms with E-state index in [2.05, 4.69) is 32.8 Å². The Balaban J connectivity index is 3.17. The van der Waals surface area contributed by atoms with Gasteiger partial charge in [-0.2, -0.15) is 0 Å². The molecular formula is C6H4IOSi. The Kier molecular flexibility index (Phi) is 2.12. The fraction of sp³-hybridized carbons (Fsp3) is 0. The van der Waals surface area contributed by atoms with E-state index in [1.165, 1.54) is 0 Å². The van der Waals surface area contributed by atoms with Crippen LogP contribution in [0.15, 0.2) is 18.2 Å². The summed E-state index contributed by atoms with van der Waals surface area (Å²) < 4.78 is 0.861. The highest BCUT2D eigenvalue weighted by atomic mass is 127. The molecule has 1 rings (SSSR count). The zero-order valence-corrected chi connectivity index (χ0v) is 7.71. The van der Waals surface area contributed by atoms with Crippen molar-refractivity contribution in [3.63, 3.8) is 0 Å². The van der Waals surface area contributed by atoms with Gasteiger partial charge < -0.3 is 5.11 Å². The van der Waals surface area contributed by atoms with Gasteiger partial charge in [0.2, 0.25) is 0 Å². The third-order valence-electron chi connectivity index (χ3n) is 0.948. The second-order valence-corrected chi connectivity index (χ2v) is 3.41. The molecule has 1 N–H and O–H groups in total. The number of benzene rings is 1. The van der Waals surface area contributed by atoms with E-state index in [0.29, 0.717) is 5.75 Å². The maximum absolute atomic E-state index is 9.01. The van der Waals surface area contributed by atoms with Gasteiger partial charge in [0.05, 0.1) is 13.8 Å². The molecule has 0 saturated heterocycles. The molecule has 0 atom stereocenters. The lowest BCUT2D eigenvalue weighted by Gasteiger charge is -1.95. The summed E-state index contributed by atoms with van der Waals surface area (Å²) in [5, 5.41) is 10.00. The van der Waals surface area contributed by atoms with Gasteiger partial charge in [0, 0.05) is 0 Å². The van der Waals surface area contributed by atoms with Crippen molar-refractivity contribution in [3.05, 3.63) is 21.8 Å². The minimum absolute atomic E-state index is 0.331. The van der Waals surface area contributed by atoms with Crippen LogP contribution in [0, 0.1) is 3.57 Å². The number of aromatic hydroxyl groups is 1. The van der Waals surface area contributed by atoms with E-state index in [9.17, 15) is 0 Å². The molecule has 0 aliphatic carbocycles. The quantitative estimate of drug-likeness (QED) is 0.531. The van der Waals surface area contributed by atoms with E-state index in [-0.39, 0.29) is 0 Å². The normalized spacial score (nSPS) is 9.56. The summed E-state index contributed by atoms with van der Waals surface area (Å²) >= 11 is 2.07. The third-order valence-corrected chi connectivity index (χ3v) is 2.12. The lowest BCUT2D eigenvalue weighted by atomic mass is 10.3. The Bertz CT molecular complexity index is 224. The maximum atomic E-state index is 9.01. The highest BCUT2D eigenvalue weighted by molar-refractivity contribution is 14.1. The van der Waals surface area contributed by atoms with Crippen LogP contribution in [-0.4, -0.2) is 15.3 Å². The van der Waals surface area contributed by atoms with Gasteiger partial charge in [-0.25, -0.2) is 0 Å². The molecule has 1 nitrogen and oxygen atoms in total. The van der Waals surface area contributed by atoms with Crippen molar-refractivity contribution in [1.82, 2.24) is 0 Å². The van der Waals surface area contributed by atoms with Gasteiger partial charge in [0.1, 0.15) is 5.75 Å². The van der Waals surface area contributed by atoms with Crippen LogP contribution in [0.1, 0.15) is 0 Å². The topological polar surface area (TPSA) is 20.2 Å². The van der Waals surface area contributed by atoms with Crippen LogP contribution in [0.2, 0.25) is 0 Å². The van der Waals surface area contributed by atoms with Gasteiger partial charge >= 0.3 is 0 Å². The molecule has 1 aromatic rings. The lowest BCUT2D eigenvalue weighted by molar-refractivity contribution is 0.471. The summed E-state index contributed by atoms with van der Waals surface area (Å²) in [6.07, 6.45) is 0. The number of hydrogen-bond donors (Lipinski definition) is 1. The van der Waals surface area contributed by atoms with Crippen LogP contribution < -0.4 is 5.19 Å². The van der Waals surface area contributed by atoms with Crippen LogP contribution in [0.3, 0.4) is 0 Å². The summed E-state index contributed by atoms with van der Waals surface area (Å²) in [6, 6.07) is 5.31. The Morgan fingerprint density at radius 3 is 2.56 bits per heavy atom. The van der Waals surface area contributed by atoms with E-state index in [0.717, 1.165) is 8.76 Å². The van der Waals surface area contributed by atoms with Crippen LogP contribution in [0.5, 0.6) is 5.75 Å². The van der Waals surface area contributed by atoms with Crippen molar-refractivity contribution in [1.29, 1.82) is 0 Å². The predicted molar refractivity (Wildman–Crippen MR) is 46.2 cm³/mol. The molecule has 1 aromatic carbocycles. The highest BCUT2D eigenvalue weighted by Crippen LogP contribution is 2.15. The van der Waals surface area contributed by atoms with E-state index in [4.69, 9.17) is 5.11 Å². The summed E-state index contributed by atoms with van der Waals surface area (Å²) in [5.41, 5.74) is 0. The van der Waals surface area contributed by atoms with Gasteiger partial charge in [-0.1, -0.05) is 11.3 Å². The number of halogens is 1. The largest absolute Gasteiger partial charge is 0.507 e. The van der Waals surface area contributed by atoms with Crippen molar-refractivity contribution in [3.8, 4) is 5.75 Å². The van der Waals surface area contributed by atoms with E-state index >= 15 is 0 Å². The van der Waals surface area contributed by atoms with E-state index in [1.54, 1.807) is 12.1 Å². The minimum atomic E-state index is 0.331. The van der Waals surface area contributed by atoms with Crippen LogP contribution in [-0.2, 0) is 0 Å². The van der Waals surface area contributed by atoms with Crippen molar-refractivity contribution in [2.24, 2.45) is 0 Å². The molecule has 0 fully saturated rings. The smallest absolute Gasteiger partial charge is 0.128 e. The minimum Gasteiger partial charge on any atom is -0.507 e. The van der Waals surface area contributed by atoms with Crippen molar-refractivity contribution >= 4 is 38.0 Å². The van der Waals surface area contributed by atoms with Gasteiger partial charge in [-0.05, 0) is 34.7 Å². The number of rotatable bonds is 0. The van der Waals surface area contributed by atoms with E-state index < -0.39 is 0 Å². The molecule has 0 aromatic heterocycles. The summed E-state index contributed by atoms with van der Waals surface area (Å²) in [4.78, 5) is 0. The first-order chi connectivity index (χ1) is 4.20. The van der Waals surface area contributed by atoms with Crippen molar-refractivity contribution < 1.29 is 5.11 Å². The summed E-state index contributed by atoms with van der Waals surface area (Å²) in [5.74, 6) is 0.331. The second kappa shape index (κ2) is 2.70. The van der Waals surface area contributed by atoms with Crippen LogP contribution in [0.25, 0.3) is 0 Å². The summed E-state index contributed by atoms with van der Waals surface area (Å²) in [6.45, 7) is 0. The molecule has 3 radical (unpaired) electrons. The molecular weight excluding hydrogens is 243 g/mol. The van der Waals surface area contributed by atoms with Gasteiger partial charge in [-0.3, -0.25) is 0 Å². The molecule has 45 valence electrons. The number of phenols is 1. The molecule has 0 aliphatic rings. The SMILES string of the molecule is Oc1ccc([Si])cc1I. The molecule has 0 amide bonds. The summed E-state index contributed by atoms with van der Waals surface area (Å²) in [7, 11) is 3.33. The lowest BCUT2D eigenvalue weighted by Crippen LogP contribution is -2.00. The van der Waals surface area contributed by atoms with Crippen molar-refractivity contribution in [2.45, 2.75) is 0 Å². The standard InChI is InChI=1S/C6H4IOSi/c7-5-3-4(9)1-2-6(5)8/h1-3,8H. The fourth-order valence-electron chi connectivity index (χ4n) is 0.507. The molecule has 0 spiro atoms. The average Bonchev–Trinajstić information content (AvgIpc) is 1.80. The Morgan fingerprint density at radius 2 is 2.11 bits per heavy atom. The molecule has 0 saturated carbocycles. The Hall–Kier alpha value is -0.0331. The maximum Gasteiger partial charge on any atom is 0.128 e. The second-order valence-electron chi connectivity index (χ2n) is 1.67. The number of hydrogen-bond acceptors (Lipinski definition) is 1. The molecule has 0 heterocycles. The number of phenolic OH excluding ortho intramolecular Hbond substituents is 1. The average molecular weight is 247 g/mol. The van der Waals surface area contributed by atoms with Gasteiger partial charge in [-0.15, -0.1) is 0 Å². The Labute approximate surface area is 70.7 Å². The third kappa shape index (κ3) is 1.69. The van der Waals surface area contributed by atoms with Crippen molar-refractivity contribution in [2.75, 3.05) is 0 Å². The monoisotopic (exact) mass is 247 g/mol. The first kappa shape index (κ1) is 7.08. The Morgan fingerprint density at radius 1 is 1.44 bits per heavy atom. The first-order valence-corrected chi connectivity index (χ1v) is 3.98. The molecule has 9 heavy (non-hydrogen) atoms. The molecule has 0 aliphatic heterocycles. The predicted octanol–water partition coefficient (Wildman–Crippen LogP) is 0.791. The zero-order chi connectivity index (χ0) is 6.85. The first-order valence-electron chi connectivity index (χ1n) is 2.40. The van der Waals surface area contributed by atoms with Crippen LogP contribution >= 0.6 is 22.6 Å². The van der Waals surface area contributed by atoms with Crippen LogP contribution in [0.4, 0.5) is 0 Å².